The molecule has 0 fully saturated rings. The zero-order valence-electron chi connectivity index (χ0n) is 5.23. The normalized spacial score (nSPS) is 13.5. The van der Waals surface area contributed by atoms with Gasteiger partial charge in [0.25, 0.3) is 0 Å². The van der Waals surface area contributed by atoms with E-state index in [1.165, 1.54) is 0 Å². The summed E-state index contributed by atoms with van der Waals surface area (Å²) in [7, 11) is 0. The first-order valence-corrected chi connectivity index (χ1v) is 3.25. The lowest BCUT2D eigenvalue weighted by atomic mass is 10.4. The molecule has 0 amide bonds. The molecule has 0 saturated heterocycles. The Kier molecular flexibility index (Phi) is 4.17. The largest absolute Gasteiger partial charge is 0.691 e. The minimum absolute atomic E-state index is 0.418. The van der Waals surface area contributed by atoms with Gasteiger partial charge in [0.1, 0.15) is 0 Å². The van der Waals surface area contributed by atoms with Crippen LogP contribution < -0.4 is 5.26 Å². The second kappa shape index (κ2) is 4.21. The van der Waals surface area contributed by atoms with Crippen molar-refractivity contribution in [1.29, 1.82) is 0 Å². The van der Waals surface area contributed by atoms with E-state index in [2.05, 4.69) is 9.37 Å². The molecule has 0 aromatic heterocycles. The van der Waals surface area contributed by atoms with Crippen molar-refractivity contribution in [2.75, 3.05) is 5.75 Å². The van der Waals surface area contributed by atoms with Crippen molar-refractivity contribution in [2.24, 2.45) is 0 Å². The zero-order valence-corrected chi connectivity index (χ0v) is 6.05. The summed E-state index contributed by atoms with van der Waals surface area (Å²) in [5.41, 5.74) is 0. The Hall–Kier alpha value is -0.120. The Morgan fingerprint density at radius 3 is 2.00 bits per heavy atom. The fourth-order valence-corrected chi connectivity index (χ4v) is 0.599. The third-order valence-corrected chi connectivity index (χ3v) is 1.36. The van der Waals surface area contributed by atoms with E-state index in [-0.39, 0.29) is 0 Å². The number of alkyl halides is 5. The highest BCUT2D eigenvalue weighted by Gasteiger charge is 2.57. The van der Waals surface area contributed by atoms with Crippen LogP contribution in [0.2, 0.25) is 0 Å². The first kappa shape index (κ1) is 11.9. The zero-order chi connectivity index (χ0) is 9.83. The molecule has 0 bridgehead atoms. The second-order valence-electron chi connectivity index (χ2n) is 1.60. The van der Waals surface area contributed by atoms with Crippen molar-refractivity contribution >= 4 is 12.0 Å². The Balaban J connectivity index is 3.88. The van der Waals surface area contributed by atoms with Crippen molar-refractivity contribution < 1.29 is 36.6 Å². The van der Waals surface area contributed by atoms with Gasteiger partial charge in [0.15, 0.2) is 0 Å². The molecule has 0 atom stereocenters. The van der Waals surface area contributed by atoms with E-state index in [1.54, 1.807) is 0 Å². The lowest BCUT2D eigenvalue weighted by Crippen LogP contribution is -2.38. The average Bonchev–Trinajstić information content (AvgIpc) is 1.85. The number of halogens is 5. The quantitative estimate of drug-likeness (QED) is 0.230. The smallest absolute Gasteiger partial charge is 0.454 e. The van der Waals surface area contributed by atoms with E-state index in [1.807, 2.05) is 0 Å². The van der Waals surface area contributed by atoms with Gasteiger partial charge in [-0.15, -0.1) is 0 Å². The predicted molar refractivity (Wildman–Crippen MR) is 25.6 cm³/mol. The minimum atomic E-state index is -5.65. The third kappa shape index (κ3) is 3.52. The first-order valence-electron chi connectivity index (χ1n) is 2.34. The van der Waals surface area contributed by atoms with Crippen LogP contribution in [0.1, 0.15) is 0 Å². The van der Waals surface area contributed by atoms with Gasteiger partial charge in [0, 0.05) is 12.0 Å². The molecule has 9 heteroatoms. The average molecular weight is 213 g/mol. The molecule has 0 N–H and O–H groups in total. The van der Waals surface area contributed by atoms with Crippen molar-refractivity contribution in [3.8, 4) is 0 Å². The highest BCUT2D eigenvalue weighted by molar-refractivity contribution is 7.94. The number of hydrogen-bond acceptors (Lipinski definition) is 4. The molecule has 0 heterocycles. The summed E-state index contributed by atoms with van der Waals surface area (Å²) in [5, 5.41) is 11.6. The lowest BCUT2D eigenvalue weighted by Gasteiger charge is -2.18. The van der Waals surface area contributed by atoms with Gasteiger partial charge in [-0.1, -0.05) is 0 Å². The van der Waals surface area contributed by atoms with Crippen LogP contribution in [-0.4, -0.2) is 17.9 Å². The topological polar surface area (TPSA) is 41.5 Å². The third-order valence-electron chi connectivity index (χ3n) is 0.731. The molecule has 0 aliphatic carbocycles. The summed E-state index contributed by atoms with van der Waals surface area (Å²) in [6.07, 6.45) is -5.65. The summed E-state index contributed by atoms with van der Waals surface area (Å²) >= 11 is -0.418. The van der Waals surface area contributed by atoms with Crippen molar-refractivity contribution in [3.63, 3.8) is 0 Å². The summed E-state index contributed by atoms with van der Waals surface area (Å²) < 4.78 is 61.0. The van der Waals surface area contributed by atoms with Gasteiger partial charge >= 0.3 is 12.1 Å². The molecule has 0 aromatic carbocycles. The maximum absolute atomic E-state index is 11.9. The fraction of sp³-hybridized carbons (Fsp3) is 1.00. The molecule has 12 heavy (non-hydrogen) atoms. The van der Waals surface area contributed by atoms with E-state index in [0.717, 1.165) is 0 Å². The van der Waals surface area contributed by atoms with Crippen LogP contribution >= 0.6 is 12.0 Å². The molecule has 0 aliphatic heterocycles. The van der Waals surface area contributed by atoms with Crippen LogP contribution in [0.4, 0.5) is 22.0 Å². The summed E-state index contributed by atoms with van der Waals surface area (Å²) in [6.45, 7) is 0. The fourth-order valence-electron chi connectivity index (χ4n) is 0.200. The predicted octanol–water partition coefficient (Wildman–Crippen LogP) is 1.06. The van der Waals surface area contributed by atoms with E-state index >= 15 is 0 Å². The Labute approximate surface area is 67.5 Å². The van der Waals surface area contributed by atoms with Crippen LogP contribution in [0.5, 0.6) is 0 Å². The van der Waals surface area contributed by atoms with Gasteiger partial charge in [-0.25, -0.2) is 0 Å². The highest BCUT2D eigenvalue weighted by atomic mass is 32.2. The van der Waals surface area contributed by atoms with Gasteiger partial charge in [-0.2, -0.15) is 26.3 Å². The van der Waals surface area contributed by atoms with Gasteiger partial charge in [0.2, 0.25) is 0 Å². The molecule has 0 radical (unpaired) electrons. The monoisotopic (exact) mass is 213 g/mol. The van der Waals surface area contributed by atoms with E-state index < -0.39 is 29.9 Å². The lowest BCUT2D eigenvalue weighted by molar-refractivity contribution is -0.777. The molecule has 74 valence electrons. The number of hydrogen-bond donors (Lipinski definition) is 0. The summed E-state index contributed by atoms with van der Waals surface area (Å²) in [4.78, 5) is 0. The molecule has 0 rings (SSSR count). The van der Waals surface area contributed by atoms with Gasteiger partial charge in [-0.3, -0.25) is 5.04 Å². The molecule has 0 unspecified atom stereocenters. The van der Waals surface area contributed by atoms with Crippen molar-refractivity contribution in [3.05, 3.63) is 0 Å². The van der Waals surface area contributed by atoms with Gasteiger partial charge in [-0.05, 0) is 0 Å². The van der Waals surface area contributed by atoms with Crippen molar-refractivity contribution in [1.82, 2.24) is 0 Å². The standard InChI is InChI=1S/C3H3F5O3S/c4-2(5,3(6,7)8)1-12-11-10-9/h9H,1H2/p-1. The highest BCUT2D eigenvalue weighted by Crippen LogP contribution is 2.37. The molecule has 0 saturated carbocycles. The van der Waals surface area contributed by atoms with E-state index in [0.29, 0.717) is 0 Å². The first-order chi connectivity index (χ1) is 5.31. The molecule has 0 aromatic rings. The molecular formula is C3H2F5O3S-. The molecule has 0 spiro atoms. The van der Waals surface area contributed by atoms with E-state index in [4.69, 9.17) is 5.26 Å². The number of rotatable bonds is 4. The van der Waals surface area contributed by atoms with Crippen LogP contribution in [0.25, 0.3) is 0 Å². The Morgan fingerprint density at radius 1 is 1.17 bits per heavy atom. The molecule has 3 nitrogen and oxygen atoms in total. The SMILES string of the molecule is [O-]OOSCC(F)(F)C(F)(F)F. The van der Waals surface area contributed by atoms with Gasteiger partial charge in [0.05, 0.1) is 5.75 Å². The molecular weight excluding hydrogens is 211 g/mol. The van der Waals surface area contributed by atoms with E-state index in [9.17, 15) is 22.0 Å². The summed E-state index contributed by atoms with van der Waals surface area (Å²) in [5.74, 6) is -6.62. The van der Waals surface area contributed by atoms with Crippen molar-refractivity contribution in [2.45, 2.75) is 12.1 Å². The van der Waals surface area contributed by atoms with Crippen LogP contribution in [0, 0.1) is 0 Å². The minimum Gasteiger partial charge on any atom is -0.691 e. The Morgan fingerprint density at radius 2 is 1.67 bits per heavy atom. The maximum Gasteiger partial charge on any atom is 0.454 e. The van der Waals surface area contributed by atoms with Crippen LogP contribution in [-0.2, 0) is 9.37 Å². The second-order valence-corrected chi connectivity index (χ2v) is 2.26. The van der Waals surface area contributed by atoms with Gasteiger partial charge < -0.3 is 5.26 Å². The maximum atomic E-state index is 11.9. The summed E-state index contributed by atoms with van der Waals surface area (Å²) in [6, 6.07) is 0. The Bertz CT molecular complexity index is 136. The van der Waals surface area contributed by atoms with Crippen LogP contribution in [0.15, 0.2) is 0 Å². The van der Waals surface area contributed by atoms with Crippen LogP contribution in [0.3, 0.4) is 0 Å². The molecule has 0 aliphatic rings.